The highest BCUT2D eigenvalue weighted by molar-refractivity contribution is 5.43. The molecule has 1 aromatic carbocycles. The average molecular weight is 249 g/mol. The molecule has 0 aliphatic rings. The van der Waals surface area contributed by atoms with E-state index in [0.717, 1.165) is 0 Å². The summed E-state index contributed by atoms with van der Waals surface area (Å²) in [5.74, 6) is -0.363. The van der Waals surface area contributed by atoms with E-state index in [1.54, 1.807) is 19.1 Å². The second-order valence-electron chi connectivity index (χ2n) is 4.06. The van der Waals surface area contributed by atoms with Crippen molar-refractivity contribution in [2.45, 2.75) is 38.4 Å². The van der Waals surface area contributed by atoms with Gasteiger partial charge < -0.3 is 5.32 Å². The van der Waals surface area contributed by atoms with Crippen LogP contribution in [0, 0.1) is 5.82 Å². The van der Waals surface area contributed by atoms with Gasteiger partial charge in [0.1, 0.15) is 5.82 Å². The Balaban J connectivity index is 2.32. The monoisotopic (exact) mass is 249 g/mol. The van der Waals surface area contributed by atoms with E-state index in [1.165, 1.54) is 12.1 Å². The van der Waals surface area contributed by atoms with E-state index in [2.05, 4.69) is 5.32 Å². The molecule has 1 unspecified atom stereocenters. The molecule has 5 heteroatoms. The largest absolute Gasteiger partial charge is 0.389 e. The average Bonchev–Trinajstić information content (AvgIpc) is 2.15. The minimum absolute atomic E-state index is 0.0764. The van der Waals surface area contributed by atoms with Crippen molar-refractivity contribution in [1.82, 2.24) is 0 Å². The zero-order valence-corrected chi connectivity index (χ0v) is 9.52. The first-order valence-electron chi connectivity index (χ1n) is 5.46. The Kier molecular flexibility index (Phi) is 4.78. The van der Waals surface area contributed by atoms with Crippen LogP contribution in [-0.2, 0) is 0 Å². The van der Waals surface area contributed by atoms with Crippen LogP contribution < -0.4 is 5.32 Å². The van der Waals surface area contributed by atoms with Crippen LogP contribution in [0.25, 0.3) is 0 Å². The van der Waals surface area contributed by atoms with Crippen molar-refractivity contribution in [3.63, 3.8) is 0 Å². The van der Waals surface area contributed by atoms with Crippen molar-refractivity contribution in [3.8, 4) is 0 Å². The molecule has 1 atom stereocenters. The number of nitrogens with one attached hydrogen (secondary N) is 1. The van der Waals surface area contributed by atoms with Crippen molar-refractivity contribution in [2.24, 2.45) is 0 Å². The molecule has 96 valence electrons. The molecule has 1 aromatic rings. The van der Waals surface area contributed by atoms with Crippen LogP contribution in [-0.4, -0.2) is 12.2 Å². The Hall–Kier alpha value is -1.26. The van der Waals surface area contributed by atoms with Crippen LogP contribution in [0.2, 0.25) is 0 Å². The van der Waals surface area contributed by atoms with Gasteiger partial charge in [-0.25, -0.2) is 4.39 Å². The fourth-order valence-corrected chi connectivity index (χ4v) is 1.54. The molecule has 0 bridgehead atoms. The van der Waals surface area contributed by atoms with Gasteiger partial charge in [0.2, 0.25) is 0 Å². The zero-order valence-electron chi connectivity index (χ0n) is 9.52. The highest BCUT2D eigenvalue weighted by Gasteiger charge is 2.26. The summed E-state index contributed by atoms with van der Waals surface area (Å²) in [5.41, 5.74) is 0.588. The summed E-state index contributed by atoms with van der Waals surface area (Å²) in [6, 6.07) is 5.77. The molecule has 17 heavy (non-hydrogen) atoms. The van der Waals surface area contributed by atoms with Crippen LogP contribution in [0.1, 0.15) is 26.2 Å². The summed E-state index contributed by atoms with van der Waals surface area (Å²) < 4.78 is 48.6. The molecular formula is C12H15F4N. The second-order valence-corrected chi connectivity index (χ2v) is 4.06. The lowest BCUT2D eigenvalue weighted by Crippen LogP contribution is -2.16. The maximum Gasteiger partial charge on any atom is 0.389 e. The predicted molar refractivity (Wildman–Crippen MR) is 59.4 cm³/mol. The highest BCUT2D eigenvalue weighted by atomic mass is 19.4. The standard InChI is InChI=1S/C12H15F4N/c1-9(4-3-7-12(14,15)16)17-11-6-2-5-10(13)8-11/h2,5-6,8-9,17H,3-4,7H2,1H3. The van der Waals surface area contributed by atoms with Crippen molar-refractivity contribution >= 4 is 5.69 Å². The van der Waals surface area contributed by atoms with Crippen LogP contribution in [0.3, 0.4) is 0 Å². The van der Waals surface area contributed by atoms with Crippen LogP contribution >= 0.6 is 0 Å². The van der Waals surface area contributed by atoms with Crippen molar-refractivity contribution in [3.05, 3.63) is 30.1 Å². The lowest BCUT2D eigenvalue weighted by Gasteiger charge is -2.15. The fraction of sp³-hybridized carbons (Fsp3) is 0.500. The summed E-state index contributed by atoms with van der Waals surface area (Å²) in [6.45, 7) is 1.78. The zero-order chi connectivity index (χ0) is 12.9. The molecule has 0 aromatic heterocycles. The lowest BCUT2D eigenvalue weighted by molar-refractivity contribution is -0.135. The van der Waals surface area contributed by atoms with E-state index >= 15 is 0 Å². The summed E-state index contributed by atoms with van der Waals surface area (Å²) in [6.07, 6.45) is -4.40. The predicted octanol–water partition coefficient (Wildman–Crippen LogP) is 4.36. The van der Waals surface area contributed by atoms with Gasteiger partial charge in [-0.3, -0.25) is 0 Å². The molecule has 0 heterocycles. The molecule has 0 saturated carbocycles. The molecule has 1 N–H and O–H groups in total. The third-order valence-electron chi connectivity index (χ3n) is 2.34. The van der Waals surface area contributed by atoms with E-state index in [4.69, 9.17) is 0 Å². The van der Waals surface area contributed by atoms with Gasteiger partial charge >= 0.3 is 6.18 Å². The second kappa shape index (κ2) is 5.89. The van der Waals surface area contributed by atoms with Gasteiger partial charge in [0.15, 0.2) is 0 Å². The van der Waals surface area contributed by atoms with E-state index < -0.39 is 12.6 Å². The molecule has 0 saturated heterocycles. The Morgan fingerprint density at radius 2 is 2.00 bits per heavy atom. The number of rotatable bonds is 5. The van der Waals surface area contributed by atoms with Gasteiger partial charge in [0.05, 0.1) is 0 Å². The van der Waals surface area contributed by atoms with Gasteiger partial charge in [0, 0.05) is 18.2 Å². The third-order valence-corrected chi connectivity index (χ3v) is 2.34. The molecule has 0 aliphatic heterocycles. The Labute approximate surface area is 97.8 Å². The fourth-order valence-electron chi connectivity index (χ4n) is 1.54. The van der Waals surface area contributed by atoms with Gasteiger partial charge in [0.25, 0.3) is 0 Å². The van der Waals surface area contributed by atoms with Crippen LogP contribution in [0.15, 0.2) is 24.3 Å². The third kappa shape index (κ3) is 6.14. The number of alkyl halides is 3. The van der Waals surface area contributed by atoms with E-state index in [-0.39, 0.29) is 18.3 Å². The summed E-state index contributed by atoms with van der Waals surface area (Å²) in [4.78, 5) is 0. The van der Waals surface area contributed by atoms with Crippen LogP contribution in [0.5, 0.6) is 0 Å². The van der Waals surface area contributed by atoms with Crippen molar-refractivity contribution in [2.75, 3.05) is 5.32 Å². The summed E-state index contributed by atoms with van der Waals surface area (Å²) in [5, 5.41) is 2.96. The molecular weight excluding hydrogens is 234 g/mol. The van der Waals surface area contributed by atoms with Crippen molar-refractivity contribution in [1.29, 1.82) is 0 Å². The topological polar surface area (TPSA) is 12.0 Å². The molecule has 0 aliphatic carbocycles. The highest BCUT2D eigenvalue weighted by Crippen LogP contribution is 2.23. The van der Waals surface area contributed by atoms with Gasteiger partial charge in [-0.1, -0.05) is 6.07 Å². The van der Waals surface area contributed by atoms with Gasteiger partial charge in [-0.15, -0.1) is 0 Å². The summed E-state index contributed by atoms with van der Waals surface area (Å²) in [7, 11) is 0. The van der Waals surface area contributed by atoms with Gasteiger partial charge in [-0.05, 0) is 38.0 Å². The number of halogens is 4. The minimum atomic E-state index is -4.10. The first-order chi connectivity index (χ1) is 7.87. The van der Waals surface area contributed by atoms with E-state index in [9.17, 15) is 17.6 Å². The summed E-state index contributed by atoms with van der Waals surface area (Å²) >= 11 is 0. The Bertz CT molecular complexity index is 349. The lowest BCUT2D eigenvalue weighted by atomic mass is 10.1. The molecule has 0 amide bonds. The minimum Gasteiger partial charge on any atom is -0.383 e. The first kappa shape index (κ1) is 13.8. The van der Waals surface area contributed by atoms with Crippen molar-refractivity contribution < 1.29 is 17.6 Å². The number of hydrogen-bond acceptors (Lipinski definition) is 1. The SMILES string of the molecule is CC(CCCC(F)(F)F)Nc1cccc(F)c1. The quantitative estimate of drug-likeness (QED) is 0.764. The first-order valence-corrected chi connectivity index (χ1v) is 5.46. The molecule has 1 nitrogen and oxygen atoms in total. The number of hydrogen-bond donors (Lipinski definition) is 1. The Morgan fingerprint density at radius 3 is 2.59 bits per heavy atom. The number of anilines is 1. The van der Waals surface area contributed by atoms with Gasteiger partial charge in [-0.2, -0.15) is 13.2 Å². The number of benzene rings is 1. The molecule has 1 rings (SSSR count). The Morgan fingerprint density at radius 1 is 1.29 bits per heavy atom. The molecule has 0 spiro atoms. The maximum atomic E-state index is 12.8. The molecule has 0 radical (unpaired) electrons. The normalized spacial score (nSPS) is 13.5. The van der Waals surface area contributed by atoms with E-state index in [0.29, 0.717) is 12.1 Å². The van der Waals surface area contributed by atoms with Crippen LogP contribution in [0.4, 0.5) is 23.2 Å². The maximum absolute atomic E-state index is 12.8. The van der Waals surface area contributed by atoms with E-state index in [1.807, 2.05) is 0 Å². The smallest absolute Gasteiger partial charge is 0.383 e. The molecule has 0 fully saturated rings.